The van der Waals surface area contributed by atoms with Crippen molar-refractivity contribution in [3.63, 3.8) is 0 Å². The summed E-state index contributed by atoms with van der Waals surface area (Å²) in [6.45, 7) is 3.82. The Balaban J connectivity index is 0.00000264. The predicted octanol–water partition coefficient (Wildman–Crippen LogP) is 1.83. The van der Waals surface area contributed by atoms with Crippen molar-refractivity contribution in [3.05, 3.63) is 35.9 Å². The van der Waals surface area contributed by atoms with Crippen LogP contribution in [0.5, 0.6) is 0 Å². The first-order valence-corrected chi connectivity index (χ1v) is 7.84. The normalized spacial score (nSPS) is 16.7. The van der Waals surface area contributed by atoms with Gasteiger partial charge in [-0.3, -0.25) is 9.59 Å². The van der Waals surface area contributed by atoms with Gasteiger partial charge in [0.15, 0.2) is 0 Å². The second kappa shape index (κ2) is 8.89. The summed E-state index contributed by atoms with van der Waals surface area (Å²) in [4.78, 5) is 27.6. The minimum Gasteiger partial charge on any atom is -0.344 e. The zero-order valence-electron chi connectivity index (χ0n) is 13.8. The Morgan fingerprint density at radius 3 is 2.57 bits per heavy atom. The predicted molar refractivity (Wildman–Crippen MR) is 93.2 cm³/mol. The van der Waals surface area contributed by atoms with Gasteiger partial charge >= 0.3 is 0 Å². The van der Waals surface area contributed by atoms with Crippen molar-refractivity contribution in [2.75, 3.05) is 26.7 Å². The van der Waals surface area contributed by atoms with Crippen molar-refractivity contribution in [2.24, 2.45) is 11.7 Å². The molecule has 0 saturated carbocycles. The molecule has 0 bridgehead atoms. The molecule has 5 nitrogen and oxygen atoms in total. The first-order valence-electron chi connectivity index (χ1n) is 7.84. The number of hydrogen-bond donors (Lipinski definition) is 1. The fourth-order valence-electron chi connectivity index (χ4n) is 2.79. The largest absolute Gasteiger partial charge is 0.344 e. The van der Waals surface area contributed by atoms with Crippen LogP contribution in [0.3, 0.4) is 0 Å². The van der Waals surface area contributed by atoms with Gasteiger partial charge in [-0.1, -0.05) is 37.3 Å². The third-order valence-electron chi connectivity index (χ3n) is 4.37. The maximum Gasteiger partial charge on any atom is 0.227 e. The zero-order valence-corrected chi connectivity index (χ0v) is 14.6. The molecule has 2 unspecified atom stereocenters. The zero-order chi connectivity index (χ0) is 16.1. The number of likely N-dealkylation sites (tertiary alicyclic amines) is 1. The van der Waals surface area contributed by atoms with Gasteiger partial charge in [0.05, 0.1) is 5.92 Å². The molecule has 2 N–H and O–H groups in total. The average molecular weight is 340 g/mol. The number of likely N-dealkylation sites (N-methyl/N-ethyl adjacent to an activating group) is 1. The second-order valence-electron chi connectivity index (χ2n) is 5.97. The number of hydrogen-bond acceptors (Lipinski definition) is 3. The lowest BCUT2D eigenvalue weighted by molar-refractivity contribution is -0.136. The van der Waals surface area contributed by atoms with E-state index in [4.69, 9.17) is 5.73 Å². The quantitative estimate of drug-likeness (QED) is 0.859. The summed E-state index contributed by atoms with van der Waals surface area (Å²) in [7, 11) is 1.77. The molecule has 1 saturated heterocycles. The van der Waals surface area contributed by atoms with Crippen LogP contribution < -0.4 is 5.73 Å². The number of rotatable bonds is 6. The Morgan fingerprint density at radius 1 is 1.35 bits per heavy atom. The van der Waals surface area contributed by atoms with E-state index in [-0.39, 0.29) is 36.2 Å². The van der Waals surface area contributed by atoms with E-state index in [1.165, 1.54) is 0 Å². The molecule has 0 spiro atoms. The first kappa shape index (κ1) is 19.5. The van der Waals surface area contributed by atoms with Gasteiger partial charge in [-0.25, -0.2) is 0 Å². The van der Waals surface area contributed by atoms with Gasteiger partial charge in [0, 0.05) is 39.1 Å². The highest BCUT2D eigenvalue weighted by molar-refractivity contribution is 5.85. The van der Waals surface area contributed by atoms with Gasteiger partial charge in [0.1, 0.15) is 0 Å². The van der Waals surface area contributed by atoms with Crippen molar-refractivity contribution in [1.82, 2.24) is 9.80 Å². The molecule has 1 aliphatic rings. The van der Waals surface area contributed by atoms with Crippen LogP contribution in [-0.2, 0) is 9.59 Å². The molecular weight excluding hydrogens is 314 g/mol. The van der Waals surface area contributed by atoms with Crippen molar-refractivity contribution in [3.8, 4) is 0 Å². The summed E-state index contributed by atoms with van der Waals surface area (Å²) >= 11 is 0. The Bertz CT molecular complexity index is 524. The maximum absolute atomic E-state index is 12.5. The minimum absolute atomic E-state index is 0. The summed E-state index contributed by atoms with van der Waals surface area (Å²) in [6, 6.07) is 9.35. The molecule has 1 aliphatic heterocycles. The van der Waals surface area contributed by atoms with Crippen LogP contribution in [0, 0.1) is 5.92 Å². The number of nitrogens with two attached hydrogens (primary N) is 1. The van der Waals surface area contributed by atoms with Gasteiger partial charge in [0.2, 0.25) is 11.8 Å². The maximum atomic E-state index is 12.5. The third kappa shape index (κ3) is 4.94. The van der Waals surface area contributed by atoms with Crippen LogP contribution in [0.4, 0.5) is 0 Å². The van der Waals surface area contributed by atoms with E-state index in [2.05, 4.69) is 0 Å². The van der Waals surface area contributed by atoms with E-state index in [1.54, 1.807) is 11.9 Å². The number of carbonyl (C=O) groups is 2. The summed E-state index contributed by atoms with van der Waals surface area (Å²) < 4.78 is 0. The Hall–Kier alpha value is -1.59. The van der Waals surface area contributed by atoms with Gasteiger partial charge in [-0.2, -0.15) is 0 Å². The summed E-state index contributed by atoms with van der Waals surface area (Å²) in [5.74, 6) is -0.0837. The van der Waals surface area contributed by atoms with E-state index >= 15 is 0 Å². The van der Waals surface area contributed by atoms with E-state index in [0.29, 0.717) is 19.5 Å². The Labute approximate surface area is 144 Å². The molecular formula is C17H26ClN3O2. The van der Waals surface area contributed by atoms with E-state index < -0.39 is 0 Å². The SMILES string of the molecule is CC(C(=O)N(C)CCN1CCCC1=O)C(N)c1ccccc1.Cl. The monoisotopic (exact) mass is 339 g/mol. The lowest BCUT2D eigenvalue weighted by Crippen LogP contribution is -2.41. The van der Waals surface area contributed by atoms with Gasteiger partial charge in [-0.15, -0.1) is 12.4 Å². The van der Waals surface area contributed by atoms with Crippen LogP contribution in [0.25, 0.3) is 0 Å². The minimum atomic E-state index is -0.315. The lowest BCUT2D eigenvalue weighted by atomic mass is 9.94. The first-order chi connectivity index (χ1) is 10.5. The highest BCUT2D eigenvalue weighted by atomic mass is 35.5. The second-order valence-corrected chi connectivity index (χ2v) is 5.97. The topological polar surface area (TPSA) is 66.6 Å². The summed E-state index contributed by atoms with van der Waals surface area (Å²) in [6.07, 6.45) is 1.55. The molecule has 0 aromatic heterocycles. The van der Waals surface area contributed by atoms with Gasteiger partial charge < -0.3 is 15.5 Å². The smallest absolute Gasteiger partial charge is 0.227 e. The lowest BCUT2D eigenvalue weighted by Gasteiger charge is -2.27. The Kier molecular flexibility index (Phi) is 7.52. The molecule has 1 heterocycles. The molecule has 1 aromatic rings. The molecule has 2 atom stereocenters. The molecule has 6 heteroatoms. The molecule has 2 amide bonds. The van der Waals surface area contributed by atoms with Crippen molar-refractivity contribution in [1.29, 1.82) is 0 Å². The van der Waals surface area contributed by atoms with Crippen LogP contribution in [0.2, 0.25) is 0 Å². The highest BCUT2D eigenvalue weighted by Crippen LogP contribution is 2.20. The molecule has 128 valence electrons. The van der Waals surface area contributed by atoms with E-state index in [1.807, 2.05) is 42.2 Å². The average Bonchev–Trinajstić information content (AvgIpc) is 2.96. The number of amides is 2. The Morgan fingerprint density at radius 2 is 2.00 bits per heavy atom. The number of nitrogens with zero attached hydrogens (tertiary/aromatic N) is 2. The van der Waals surface area contributed by atoms with Crippen molar-refractivity contribution >= 4 is 24.2 Å². The molecule has 1 aromatic carbocycles. The van der Waals surface area contributed by atoms with Crippen molar-refractivity contribution in [2.45, 2.75) is 25.8 Å². The number of halogens is 1. The third-order valence-corrected chi connectivity index (χ3v) is 4.37. The molecule has 2 rings (SSSR count). The van der Waals surface area contributed by atoms with Crippen LogP contribution >= 0.6 is 12.4 Å². The van der Waals surface area contributed by atoms with Gasteiger partial charge in [0.25, 0.3) is 0 Å². The standard InChI is InChI=1S/C17H25N3O2.ClH/c1-13(16(18)14-7-4-3-5-8-14)17(22)19(2)11-12-20-10-6-9-15(20)21;/h3-5,7-8,13,16H,6,9-12,18H2,1-2H3;1H. The number of carbonyl (C=O) groups excluding carboxylic acids is 2. The fourth-order valence-corrected chi connectivity index (χ4v) is 2.79. The number of benzene rings is 1. The van der Waals surface area contributed by atoms with E-state index in [9.17, 15) is 9.59 Å². The van der Waals surface area contributed by atoms with Crippen LogP contribution in [0.15, 0.2) is 30.3 Å². The molecule has 0 aliphatic carbocycles. The molecule has 0 radical (unpaired) electrons. The van der Waals surface area contributed by atoms with Crippen molar-refractivity contribution < 1.29 is 9.59 Å². The van der Waals surface area contributed by atoms with E-state index in [0.717, 1.165) is 18.5 Å². The van der Waals surface area contributed by atoms with Crippen LogP contribution in [0.1, 0.15) is 31.4 Å². The molecule has 23 heavy (non-hydrogen) atoms. The van der Waals surface area contributed by atoms with Gasteiger partial charge in [-0.05, 0) is 12.0 Å². The highest BCUT2D eigenvalue weighted by Gasteiger charge is 2.26. The molecule has 1 fully saturated rings. The summed E-state index contributed by atoms with van der Waals surface area (Å²) in [5, 5.41) is 0. The fraction of sp³-hybridized carbons (Fsp3) is 0.529. The van der Waals surface area contributed by atoms with Crippen LogP contribution in [-0.4, -0.2) is 48.3 Å². The summed E-state index contributed by atoms with van der Waals surface area (Å²) in [5.41, 5.74) is 7.17.